The molecular formula is C15H28N6. The van der Waals surface area contributed by atoms with Crippen LogP contribution in [0.5, 0.6) is 0 Å². The first-order valence-electron chi connectivity index (χ1n) is 7.92. The molecule has 21 heavy (non-hydrogen) atoms. The van der Waals surface area contributed by atoms with Crippen LogP contribution in [-0.2, 0) is 0 Å². The fourth-order valence-electron chi connectivity index (χ4n) is 2.93. The van der Waals surface area contributed by atoms with Gasteiger partial charge in [0.25, 0.3) is 0 Å². The Labute approximate surface area is 127 Å². The lowest BCUT2D eigenvalue weighted by atomic mass is 9.92. The molecule has 0 saturated heterocycles. The zero-order valence-corrected chi connectivity index (χ0v) is 13.9. The minimum Gasteiger partial charge on any atom is -0.357 e. The lowest BCUT2D eigenvalue weighted by Gasteiger charge is -2.21. The largest absolute Gasteiger partial charge is 0.357 e. The van der Waals surface area contributed by atoms with Gasteiger partial charge in [0.2, 0.25) is 17.8 Å². The van der Waals surface area contributed by atoms with Crippen LogP contribution in [0.4, 0.5) is 17.8 Å². The molecule has 0 aromatic carbocycles. The van der Waals surface area contributed by atoms with E-state index in [0.29, 0.717) is 23.4 Å². The Kier molecular flexibility index (Phi) is 4.85. The molecule has 0 bridgehead atoms. The van der Waals surface area contributed by atoms with Gasteiger partial charge in [0.15, 0.2) is 0 Å². The SMILES string of the molecule is CCN(CC)c1nc(NC)nc(NC2CCC(C)(C)C2)n1. The lowest BCUT2D eigenvalue weighted by molar-refractivity contribution is 0.378. The molecule has 1 fully saturated rings. The van der Waals surface area contributed by atoms with Crippen molar-refractivity contribution in [3.63, 3.8) is 0 Å². The molecule has 1 unspecified atom stereocenters. The normalized spacial score (nSPS) is 20.3. The Morgan fingerprint density at radius 3 is 2.33 bits per heavy atom. The predicted octanol–water partition coefficient (Wildman–Crippen LogP) is 2.75. The van der Waals surface area contributed by atoms with Gasteiger partial charge in [-0.25, -0.2) is 0 Å². The van der Waals surface area contributed by atoms with E-state index in [9.17, 15) is 0 Å². The smallest absolute Gasteiger partial charge is 0.231 e. The van der Waals surface area contributed by atoms with Crippen molar-refractivity contribution in [3.05, 3.63) is 0 Å². The third-order valence-corrected chi connectivity index (χ3v) is 4.20. The maximum Gasteiger partial charge on any atom is 0.231 e. The summed E-state index contributed by atoms with van der Waals surface area (Å²) in [5.74, 6) is 2.03. The monoisotopic (exact) mass is 292 g/mol. The number of nitrogens with zero attached hydrogens (tertiary/aromatic N) is 4. The van der Waals surface area contributed by atoms with Crippen molar-refractivity contribution in [3.8, 4) is 0 Å². The van der Waals surface area contributed by atoms with Gasteiger partial charge in [0.05, 0.1) is 0 Å². The molecule has 0 spiro atoms. The van der Waals surface area contributed by atoms with Crippen LogP contribution in [0.2, 0.25) is 0 Å². The Balaban J connectivity index is 2.17. The second-order valence-corrected chi connectivity index (χ2v) is 6.45. The minimum atomic E-state index is 0.415. The highest BCUT2D eigenvalue weighted by Gasteiger charge is 2.31. The van der Waals surface area contributed by atoms with E-state index >= 15 is 0 Å². The van der Waals surface area contributed by atoms with Crippen molar-refractivity contribution in [2.24, 2.45) is 5.41 Å². The lowest BCUT2D eigenvalue weighted by Crippen LogP contribution is -2.26. The molecule has 118 valence electrons. The Hall–Kier alpha value is -1.59. The molecule has 6 nitrogen and oxygen atoms in total. The minimum absolute atomic E-state index is 0.415. The average molecular weight is 292 g/mol. The molecule has 1 aliphatic carbocycles. The van der Waals surface area contributed by atoms with E-state index in [0.717, 1.165) is 25.5 Å². The fraction of sp³-hybridized carbons (Fsp3) is 0.800. The summed E-state index contributed by atoms with van der Waals surface area (Å²) >= 11 is 0. The van der Waals surface area contributed by atoms with E-state index in [-0.39, 0.29) is 0 Å². The highest BCUT2D eigenvalue weighted by Crippen LogP contribution is 2.38. The first-order valence-corrected chi connectivity index (χ1v) is 7.92. The van der Waals surface area contributed by atoms with E-state index in [4.69, 9.17) is 0 Å². The van der Waals surface area contributed by atoms with Crippen molar-refractivity contribution in [2.45, 2.75) is 53.0 Å². The molecule has 1 aliphatic rings. The summed E-state index contributed by atoms with van der Waals surface area (Å²) < 4.78 is 0. The highest BCUT2D eigenvalue weighted by molar-refractivity contribution is 5.44. The zero-order valence-electron chi connectivity index (χ0n) is 13.9. The van der Waals surface area contributed by atoms with Gasteiger partial charge in [-0.15, -0.1) is 0 Å². The van der Waals surface area contributed by atoms with Crippen LogP contribution in [0, 0.1) is 5.41 Å². The van der Waals surface area contributed by atoms with Gasteiger partial charge < -0.3 is 15.5 Å². The first kappa shape index (κ1) is 15.8. The number of hydrogen-bond acceptors (Lipinski definition) is 6. The molecule has 1 atom stereocenters. The van der Waals surface area contributed by atoms with Gasteiger partial charge in [-0.2, -0.15) is 15.0 Å². The van der Waals surface area contributed by atoms with E-state index in [1.54, 1.807) is 0 Å². The van der Waals surface area contributed by atoms with Gasteiger partial charge in [0, 0.05) is 26.2 Å². The molecular weight excluding hydrogens is 264 g/mol. The van der Waals surface area contributed by atoms with Crippen LogP contribution >= 0.6 is 0 Å². The van der Waals surface area contributed by atoms with Crippen molar-refractivity contribution < 1.29 is 0 Å². The second kappa shape index (κ2) is 6.45. The molecule has 2 rings (SSSR count). The summed E-state index contributed by atoms with van der Waals surface area (Å²) in [6, 6.07) is 0.455. The van der Waals surface area contributed by atoms with Gasteiger partial charge >= 0.3 is 0 Å². The molecule has 0 amide bonds. The Bertz CT molecular complexity index is 469. The van der Waals surface area contributed by atoms with Gasteiger partial charge in [0.1, 0.15) is 0 Å². The molecule has 1 aromatic rings. The van der Waals surface area contributed by atoms with Gasteiger partial charge in [-0.1, -0.05) is 13.8 Å². The number of aromatic nitrogens is 3. The van der Waals surface area contributed by atoms with Crippen molar-refractivity contribution in [2.75, 3.05) is 35.7 Å². The Morgan fingerprint density at radius 2 is 1.81 bits per heavy atom. The molecule has 2 N–H and O–H groups in total. The van der Waals surface area contributed by atoms with Crippen LogP contribution in [-0.4, -0.2) is 41.1 Å². The molecule has 6 heteroatoms. The fourth-order valence-corrected chi connectivity index (χ4v) is 2.93. The van der Waals surface area contributed by atoms with Crippen LogP contribution in [0.1, 0.15) is 47.0 Å². The van der Waals surface area contributed by atoms with E-state index in [1.165, 1.54) is 12.8 Å². The summed E-state index contributed by atoms with van der Waals surface area (Å²) in [6.07, 6.45) is 3.58. The predicted molar refractivity (Wildman–Crippen MR) is 88.0 cm³/mol. The molecule has 0 aliphatic heterocycles. The summed E-state index contributed by atoms with van der Waals surface area (Å²) in [5, 5.41) is 6.51. The number of anilines is 3. The number of rotatable bonds is 6. The summed E-state index contributed by atoms with van der Waals surface area (Å²) in [4.78, 5) is 15.6. The van der Waals surface area contributed by atoms with E-state index in [2.05, 4.69) is 58.2 Å². The van der Waals surface area contributed by atoms with Crippen LogP contribution in [0.25, 0.3) is 0 Å². The highest BCUT2D eigenvalue weighted by atomic mass is 15.3. The summed E-state index contributed by atoms with van der Waals surface area (Å²) in [7, 11) is 1.84. The maximum absolute atomic E-state index is 4.59. The number of nitrogens with one attached hydrogen (secondary N) is 2. The van der Waals surface area contributed by atoms with Crippen LogP contribution in [0.3, 0.4) is 0 Å². The third-order valence-electron chi connectivity index (χ3n) is 4.20. The quantitative estimate of drug-likeness (QED) is 0.840. The Morgan fingerprint density at radius 1 is 1.14 bits per heavy atom. The molecule has 1 saturated carbocycles. The van der Waals surface area contributed by atoms with Crippen LogP contribution < -0.4 is 15.5 Å². The number of hydrogen-bond donors (Lipinski definition) is 2. The van der Waals surface area contributed by atoms with Crippen LogP contribution in [0.15, 0.2) is 0 Å². The summed E-state index contributed by atoms with van der Waals surface area (Å²) in [5.41, 5.74) is 0.415. The molecule has 0 radical (unpaired) electrons. The van der Waals surface area contributed by atoms with Gasteiger partial charge in [-0.3, -0.25) is 0 Å². The molecule has 1 heterocycles. The first-order chi connectivity index (χ1) is 9.97. The third kappa shape index (κ3) is 3.95. The average Bonchev–Trinajstić information content (AvgIpc) is 2.79. The maximum atomic E-state index is 4.59. The molecule has 1 aromatic heterocycles. The second-order valence-electron chi connectivity index (χ2n) is 6.45. The van der Waals surface area contributed by atoms with E-state index in [1.807, 2.05) is 7.05 Å². The van der Waals surface area contributed by atoms with Crippen molar-refractivity contribution >= 4 is 17.8 Å². The van der Waals surface area contributed by atoms with Gasteiger partial charge in [-0.05, 0) is 38.5 Å². The van der Waals surface area contributed by atoms with Crippen molar-refractivity contribution in [1.29, 1.82) is 0 Å². The summed E-state index contributed by atoms with van der Waals surface area (Å²) in [6.45, 7) is 10.6. The zero-order chi connectivity index (χ0) is 15.5. The van der Waals surface area contributed by atoms with Crippen molar-refractivity contribution in [1.82, 2.24) is 15.0 Å². The standard InChI is InChI=1S/C15H28N6/c1-6-21(7-2)14-19-12(16-5)18-13(20-14)17-11-8-9-15(3,4)10-11/h11H,6-10H2,1-5H3,(H2,16,17,18,19,20). The topological polar surface area (TPSA) is 66.0 Å². The van der Waals surface area contributed by atoms with E-state index < -0.39 is 0 Å².